The summed E-state index contributed by atoms with van der Waals surface area (Å²) in [5.41, 5.74) is -0.826. The third kappa shape index (κ3) is 2.56. The van der Waals surface area contributed by atoms with Crippen molar-refractivity contribution in [1.82, 2.24) is 9.55 Å². The van der Waals surface area contributed by atoms with Crippen LogP contribution in [0.1, 0.15) is 12.6 Å². The van der Waals surface area contributed by atoms with Gasteiger partial charge >= 0.3 is 16.9 Å². The molecule has 0 aliphatic carbocycles. The van der Waals surface area contributed by atoms with Crippen molar-refractivity contribution >= 4 is 11.5 Å². The molecular weight excluding hydrogens is 298 g/mol. The highest BCUT2D eigenvalue weighted by Crippen LogP contribution is 2.27. The first-order valence-corrected chi connectivity index (χ1v) is 7.19. The molecule has 2 aromatic heterocycles. The Morgan fingerprint density at radius 1 is 1.52 bits per heavy atom. The lowest BCUT2D eigenvalue weighted by Crippen LogP contribution is -2.40. The van der Waals surface area contributed by atoms with E-state index in [4.69, 9.17) is 9.84 Å². The van der Waals surface area contributed by atoms with Crippen LogP contribution in [0.25, 0.3) is 5.69 Å². The average molecular weight is 312 g/mol. The van der Waals surface area contributed by atoms with Crippen LogP contribution in [0.3, 0.4) is 0 Å². The number of nitrogens with one attached hydrogen (secondary N) is 1. The van der Waals surface area contributed by atoms with Gasteiger partial charge in [0.25, 0.3) is 0 Å². The third-order valence-electron chi connectivity index (χ3n) is 3.36. The molecular formula is C12H14N3O5S+. The van der Waals surface area contributed by atoms with E-state index in [0.29, 0.717) is 0 Å². The van der Waals surface area contributed by atoms with Gasteiger partial charge in [0.2, 0.25) is 0 Å². The lowest BCUT2D eigenvalue weighted by molar-refractivity contribution is -0.521. The molecule has 3 rings (SSSR count). The maximum atomic E-state index is 11.9. The predicted molar refractivity (Wildman–Crippen MR) is 72.4 cm³/mol. The number of hydrogen-bond donors (Lipinski definition) is 3. The van der Waals surface area contributed by atoms with Crippen molar-refractivity contribution in [3.8, 4) is 5.69 Å². The highest BCUT2D eigenvalue weighted by atomic mass is 32.1. The molecule has 9 heteroatoms. The molecule has 0 bridgehead atoms. The molecule has 0 amide bonds. The van der Waals surface area contributed by atoms with Gasteiger partial charge in [-0.25, -0.2) is 4.79 Å². The zero-order valence-corrected chi connectivity index (χ0v) is 11.7. The van der Waals surface area contributed by atoms with Crippen LogP contribution in [0.4, 0.5) is 0 Å². The van der Waals surface area contributed by atoms with Crippen LogP contribution in [-0.2, 0) is 4.74 Å². The second kappa shape index (κ2) is 5.53. The van der Waals surface area contributed by atoms with Crippen LogP contribution in [0.2, 0.25) is 0 Å². The van der Waals surface area contributed by atoms with Crippen LogP contribution in [-0.4, -0.2) is 38.6 Å². The normalized spacial score (nSPS) is 25.3. The van der Waals surface area contributed by atoms with E-state index in [2.05, 4.69) is 4.98 Å². The Morgan fingerprint density at radius 2 is 2.33 bits per heavy atom. The summed E-state index contributed by atoms with van der Waals surface area (Å²) < 4.78 is 8.28. The number of H-pyrrole nitrogens is 1. The highest BCUT2D eigenvalue weighted by Gasteiger charge is 2.35. The fraction of sp³-hybridized carbons (Fsp3) is 0.417. The van der Waals surface area contributed by atoms with Gasteiger partial charge in [-0.05, 0) is 0 Å². The topological polar surface area (TPSA) is 108 Å². The number of aliphatic hydroxyl groups is 2. The summed E-state index contributed by atoms with van der Waals surface area (Å²) in [6.07, 6.45) is 0.968. The highest BCUT2D eigenvalue weighted by molar-refractivity contribution is 6.99. The van der Waals surface area contributed by atoms with Gasteiger partial charge in [-0.1, -0.05) is 3.96 Å². The number of aromatic amines is 1. The average Bonchev–Trinajstić information content (AvgIpc) is 3.08. The molecule has 21 heavy (non-hydrogen) atoms. The molecule has 0 saturated carbocycles. The predicted octanol–water partition coefficient (Wildman–Crippen LogP) is -1.48. The van der Waals surface area contributed by atoms with Gasteiger partial charge in [-0.2, -0.15) is 0 Å². The van der Waals surface area contributed by atoms with E-state index in [0.717, 1.165) is 0 Å². The Balaban J connectivity index is 2.02. The molecule has 1 aliphatic heterocycles. The van der Waals surface area contributed by atoms with Gasteiger partial charge in [-0.15, -0.1) is 0 Å². The fourth-order valence-electron chi connectivity index (χ4n) is 2.28. The molecule has 1 fully saturated rings. The molecule has 3 heterocycles. The van der Waals surface area contributed by atoms with E-state index >= 15 is 0 Å². The minimum absolute atomic E-state index is 0.172. The van der Waals surface area contributed by atoms with Gasteiger partial charge in [0.05, 0.1) is 24.3 Å². The van der Waals surface area contributed by atoms with Crippen molar-refractivity contribution in [1.29, 1.82) is 0 Å². The third-order valence-corrected chi connectivity index (χ3v) is 4.18. The first kappa shape index (κ1) is 14.1. The van der Waals surface area contributed by atoms with Crippen molar-refractivity contribution < 1.29 is 18.9 Å². The van der Waals surface area contributed by atoms with Crippen LogP contribution in [0.15, 0.2) is 33.4 Å². The molecule has 2 aromatic rings. The quantitative estimate of drug-likeness (QED) is 0.599. The van der Waals surface area contributed by atoms with Crippen LogP contribution in [0.5, 0.6) is 0 Å². The SMILES string of the molecule is O=c1[nH]c(=O)n([C@H]2C[C@H](O)[C@@H](CO)O2)cc1-[n+]1cccs1. The van der Waals surface area contributed by atoms with Crippen molar-refractivity contribution in [3.63, 3.8) is 0 Å². The Hall–Kier alpha value is -1.81. The summed E-state index contributed by atoms with van der Waals surface area (Å²) in [6.45, 7) is -0.331. The molecule has 8 nitrogen and oxygen atoms in total. The lowest BCUT2D eigenvalue weighted by Gasteiger charge is -2.13. The summed E-state index contributed by atoms with van der Waals surface area (Å²) in [5.74, 6) is 0. The van der Waals surface area contributed by atoms with Crippen molar-refractivity contribution in [2.24, 2.45) is 0 Å². The van der Waals surface area contributed by atoms with E-state index in [1.807, 2.05) is 0 Å². The first-order valence-electron chi connectivity index (χ1n) is 6.36. The molecule has 0 radical (unpaired) electrons. The summed E-state index contributed by atoms with van der Waals surface area (Å²) in [4.78, 5) is 26.0. The van der Waals surface area contributed by atoms with Crippen molar-refractivity contribution in [2.75, 3.05) is 6.61 Å². The number of hydrogen-bond acceptors (Lipinski definition) is 6. The van der Waals surface area contributed by atoms with Crippen LogP contribution < -0.4 is 15.2 Å². The molecule has 112 valence electrons. The summed E-state index contributed by atoms with van der Waals surface area (Å²) >= 11 is 1.30. The van der Waals surface area contributed by atoms with Crippen LogP contribution in [0, 0.1) is 0 Å². The Bertz CT molecular complexity index is 738. The van der Waals surface area contributed by atoms with Crippen molar-refractivity contribution in [2.45, 2.75) is 24.9 Å². The second-order valence-corrected chi connectivity index (χ2v) is 5.58. The smallest absolute Gasteiger partial charge is 0.330 e. The molecule has 0 aromatic carbocycles. The Kier molecular flexibility index (Phi) is 3.72. The zero-order chi connectivity index (χ0) is 15.0. The minimum atomic E-state index is -0.850. The number of nitrogens with zero attached hydrogens (tertiary/aromatic N) is 2. The molecule has 0 spiro atoms. The van der Waals surface area contributed by atoms with Crippen molar-refractivity contribution in [3.05, 3.63) is 44.7 Å². The maximum Gasteiger partial charge on any atom is 0.330 e. The molecule has 3 atom stereocenters. The number of rotatable bonds is 3. The molecule has 0 unspecified atom stereocenters. The zero-order valence-electron chi connectivity index (χ0n) is 10.9. The Morgan fingerprint density at radius 3 is 2.95 bits per heavy atom. The maximum absolute atomic E-state index is 11.9. The monoisotopic (exact) mass is 312 g/mol. The van der Waals surface area contributed by atoms with E-state index in [-0.39, 0.29) is 18.7 Å². The van der Waals surface area contributed by atoms with Gasteiger partial charge in [0.15, 0.2) is 6.20 Å². The molecule has 3 N–H and O–H groups in total. The number of aliphatic hydroxyl groups excluding tert-OH is 2. The standard InChI is InChI=1S/C12H13N3O5S/c16-6-9-8(17)4-10(20-9)14-5-7(11(18)13-12(14)19)15-2-1-3-21-15/h1-3,5,8-10,16-17H,4,6H2/p+1/t8-,9+,10+/m0/s1. The summed E-state index contributed by atoms with van der Waals surface area (Å²) in [5, 5.41) is 20.6. The van der Waals surface area contributed by atoms with E-state index in [9.17, 15) is 14.7 Å². The second-order valence-electron chi connectivity index (χ2n) is 4.70. The van der Waals surface area contributed by atoms with Gasteiger partial charge in [0, 0.05) is 12.5 Å². The molecule has 1 saturated heterocycles. The van der Waals surface area contributed by atoms with Gasteiger partial charge in [-0.3, -0.25) is 14.3 Å². The number of aromatic nitrogens is 3. The fourth-order valence-corrected chi connectivity index (χ4v) is 2.94. The number of ether oxygens (including phenoxy) is 1. The summed E-state index contributed by atoms with van der Waals surface area (Å²) in [7, 11) is 0. The van der Waals surface area contributed by atoms with E-state index in [1.165, 1.54) is 22.3 Å². The first-order chi connectivity index (χ1) is 10.1. The van der Waals surface area contributed by atoms with Gasteiger partial charge in [0.1, 0.15) is 23.9 Å². The summed E-state index contributed by atoms with van der Waals surface area (Å²) in [6, 6.07) is 1.77. The van der Waals surface area contributed by atoms with E-state index < -0.39 is 29.7 Å². The lowest BCUT2D eigenvalue weighted by atomic mass is 10.2. The molecule has 1 aliphatic rings. The largest absolute Gasteiger partial charge is 0.394 e. The van der Waals surface area contributed by atoms with E-state index in [1.54, 1.807) is 21.6 Å². The van der Waals surface area contributed by atoms with Crippen LogP contribution >= 0.6 is 11.5 Å². The minimum Gasteiger partial charge on any atom is -0.394 e. The van der Waals surface area contributed by atoms with Gasteiger partial charge < -0.3 is 14.9 Å². The Labute approximate surface area is 122 Å².